The van der Waals surface area contributed by atoms with Crippen LogP contribution in [0.15, 0.2) is 29.8 Å². The van der Waals surface area contributed by atoms with E-state index in [0.717, 1.165) is 11.1 Å². The van der Waals surface area contributed by atoms with Gasteiger partial charge in [0.2, 0.25) is 0 Å². The van der Waals surface area contributed by atoms with Gasteiger partial charge in [-0.1, -0.05) is 0 Å². The van der Waals surface area contributed by atoms with Gasteiger partial charge in [-0.3, -0.25) is 14.9 Å². The van der Waals surface area contributed by atoms with E-state index in [1.54, 1.807) is 12.1 Å². The Hall–Kier alpha value is -2.01. The minimum absolute atomic E-state index is 0.0343. The Morgan fingerprint density at radius 1 is 1.32 bits per heavy atom. The zero-order chi connectivity index (χ0) is 13.6. The normalized spacial score (nSPS) is 25.8. The highest BCUT2D eigenvalue weighted by molar-refractivity contribution is 6.24. The number of hydrogen-bond acceptors (Lipinski definition) is 4. The van der Waals surface area contributed by atoms with Gasteiger partial charge in [-0.05, 0) is 30.2 Å². The molecule has 0 radical (unpaired) electrons. The molecular weight excluding hydrogens is 246 g/mol. The van der Waals surface area contributed by atoms with Gasteiger partial charge >= 0.3 is 0 Å². The van der Waals surface area contributed by atoms with Crippen molar-refractivity contribution in [3.63, 3.8) is 0 Å². The first kappa shape index (κ1) is 12.0. The van der Waals surface area contributed by atoms with Gasteiger partial charge in [0.05, 0.1) is 17.6 Å². The molecule has 5 heteroatoms. The van der Waals surface area contributed by atoms with Crippen molar-refractivity contribution in [1.29, 1.82) is 0 Å². The van der Waals surface area contributed by atoms with E-state index in [1.165, 1.54) is 12.1 Å². The number of hydrogen-bond donors (Lipinski definition) is 0. The van der Waals surface area contributed by atoms with Crippen LogP contribution in [0.3, 0.4) is 0 Å². The van der Waals surface area contributed by atoms with Crippen molar-refractivity contribution in [2.45, 2.75) is 19.4 Å². The number of non-ortho nitro benzene ring substituents is 1. The fourth-order valence-corrected chi connectivity index (χ4v) is 2.91. The Morgan fingerprint density at radius 3 is 2.63 bits per heavy atom. The first-order valence-electron chi connectivity index (χ1n) is 6.21. The number of carbonyl (C=O) groups excluding carboxylic acids is 1. The molecule has 0 bridgehead atoms. The second-order valence-corrected chi connectivity index (χ2v) is 4.93. The van der Waals surface area contributed by atoms with Crippen LogP contribution in [0, 0.1) is 16.0 Å². The maximum Gasteiger partial charge on any atom is 0.269 e. The molecule has 0 aromatic heterocycles. The van der Waals surface area contributed by atoms with E-state index in [9.17, 15) is 14.9 Å². The number of benzene rings is 1. The molecule has 2 atom stereocenters. The molecule has 0 unspecified atom stereocenters. The van der Waals surface area contributed by atoms with Crippen LogP contribution in [0.25, 0.3) is 5.57 Å². The SMILES string of the molecule is C[C@@H]1OC[C@@H]2CC(=O)C(c3ccc([N+](=O)[O-])cc3)=C21. The van der Waals surface area contributed by atoms with E-state index in [2.05, 4.69) is 0 Å². The van der Waals surface area contributed by atoms with Gasteiger partial charge in [-0.2, -0.15) is 0 Å². The Kier molecular flexibility index (Phi) is 2.71. The van der Waals surface area contributed by atoms with Gasteiger partial charge in [0.15, 0.2) is 5.78 Å². The number of carbonyl (C=O) groups is 1. The van der Waals surface area contributed by atoms with Gasteiger partial charge in [-0.15, -0.1) is 0 Å². The van der Waals surface area contributed by atoms with Crippen molar-refractivity contribution in [2.24, 2.45) is 5.92 Å². The molecule has 1 aliphatic heterocycles. The van der Waals surface area contributed by atoms with Crippen molar-refractivity contribution in [1.82, 2.24) is 0 Å². The molecule has 0 saturated carbocycles. The van der Waals surface area contributed by atoms with Crippen LogP contribution in [0.5, 0.6) is 0 Å². The predicted molar refractivity (Wildman–Crippen MR) is 68.5 cm³/mol. The van der Waals surface area contributed by atoms with Crippen LogP contribution < -0.4 is 0 Å². The number of ketones is 1. The summed E-state index contributed by atoms with van der Waals surface area (Å²) in [6, 6.07) is 6.16. The third-order valence-corrected chi connectivity index (χ3v) is 3.79. The largest absolute Gasteiger partial charge is 0.373 e. The van der Waals surface area contributed by atoms with Crippen molar-refractivity contribution in [3.05, 3.63) is 45.5 Å². The zero-order valence-electron chi connectivity index (χ0n) is 10.5. The van der Waals surface area contributed by atoms with Crippen LogP contribution in [0.1, 0.15) is 18.9 Å². The van der Waals surface area contributed by atoms with Crippen LogP contribution in [0.2, 0.25) is 0 Å². The summed E-state index contributed by atoms with van der Waals surface area (Å²) >= 11 is 0. The average Bonchev–Trinajstić information content (AvgIpc) is 2.89. The number of nitrogens with zero attached hydrogens (tertiary/aromatic N) is 1. The number of nitro groups is 1. The van der Waals surface area contributed by atoms with E-state index in [4.69, 9.17) is 4.74 Å². The highest BCUT2D eigenvalue weighted by Crippen LogP contribution is 2.42. The third kappa shape index (κ3) is 1.86. The zero-order valence-corrected chi connectivity index (χ0v) is 10.5. The quantitative estimate of drug-likeness (QED) is 0.604. The Balaban J connectivity index is 2.05. The van der Waals surface area contributed by atoms with Gasteiger partial charge in [0.1, 0.15) is 0 Å². The minimum Gasteiger partial charge on any atom is -0.373 e. The smallest absolute Gasteiger partial charge is 0.269 e. The molecule has 1 aromatic rings. The van der Waals surface area contributed by atoms with E-state index < -0.39 is 4.92 Å². The summed E-state index contributed by atoms with van der Waals surface area (Å²) in [5, 5.41) is 10.6. The number of Topliss-reactive ketones (excluding diaryl/α,β-unsaturated/α-hetero) is 1. The number of ether oxygens (including phenoxy) is 1. The van der Waals surface area contributed by atoms with E-state index in [0.29, 0.717) is 18.6 Å². The molecule has 98 valence electrons. The lowest BCUT2D eigenvalue weighted by Gasteiger charge is -2.08. The fourth-order valence-electron chi connectivity index (χ4n) is 2.91. The third-order valence-electron chi connectivity index (χ3n) is 3.79. The Bertz CT molecular complexity index is 588. The topological polar surface area (TPSA) is 69.4 Å². The summed E-state index contributed by atoms with van der Waals surface area (Å²) < 4.78 is 5.56. The molecular formula is C14H13NO4. The number of allylic oxidation sites excluding steroid dienone is 1. The number of nitro benzene ring substituents is 1. The van der Waals surface area contributed by atoms with E-state index in [1.807, 2.05) is 6.92 Å². The van der Waals surface area contributed by atoms with Gasteiger partial charge in [0, 0.05) is 30.0 Å². The molecule has 1 aromatic carbocycles. The van der Waals surface area contributed by atoms with Crippen LogP contribution in [-0.2, 0) is 9.53 Å². The van der Waals surface area contributed by atoms with Crippen LogP contribution >= 0.6 is 0 Å². The average molecular weight is 259 g/mol. The maximum absolute atomic E-state index is 12.1. The lowest BCUT2D eigenvalue weighted by Crippen LogP contribution is -2.05. The van der Waals surface area contributed by atoms with Gasteiger partial charge in [-0.25, -0.2) is 0 Å². The molecule has 1 saturated heterocycles. The van der Waals surface area contributed by atoms with E-state index >= 15 is 0 Å². The standard InChI is InChI=1S/C14H13NO4/c1-8-13-10(7-19-8)6-12(16)14(13)9-2-4-11(5-3-9)15(17)18/h2-5,8,10H,6-7H2,1H3/t8-,10-/m0/s1. The summed E-state index contributed by atoms with van der Waals surface area (Å²) in [4.78, 5) is 22.3. The van der Waals surface area contributed by atoms with Gasteiger partial charge in [0.25, 0.3) is 5.69 Å². The lowest BCUT2D eigenvalue weighted by atomic mass is 9.96. The first-order valence-corrected chi connectivity index (χ1v) is 6.21. The first-order chi connectivity index (χ1) is 9.08. The van der Waals surface area contributed by atoms with Crippen molar-refractivity contribution in [3.8, 4) is 0 Å². The molecule has 3 rings (SSSR count). The summed E-state index contributed by atoms with van der Waals surface area (Å²) in [6.45, 7) is 2.54. The monoisotopic (exact) mass is 259 g/mol. The lowest BCUT2D eigenvalue weighted by molar-refractivity contribution is -0.384. The van der Waals surface area contributed by atoms with Crippen LogP contribution in [0.4, 0.5) is 5.69 Å². The molecule has 0 N–H and O–H groups in total. The molecule has 0 spiro atoms. The molecule has 1 heterocycles. The Morgan fingerprint density at radius 2 is 2.00 bits per heavy atom. The van der Waals surface area contributed by atoms with Gasteiger partial charge < -0.3 is 4.74 Å². The van der Waals surface area contributed by atoms with Crippen molar-refractivity contribution >= 4 is 17.0 Å². The summed E-state index contributed by atoms with van der Waals surface area (Å²) in [7, 11) is 0. The molecule has 1 fully saturated rings. The van der Waals surface area contributed by atoms with Crippen LogP contribution in [-0.4, -0.2) is 23.4 Å². The van der Waals surface area contributed by atoms with Crippen molar-refractivity contribution < 1.29 is 14.5 Å². The molecule has 5 nitrogen and oxygen atoms in total. The molecule has 2 aliphatic rings. The summed E-state index contributed by atoms with van der Waals surface area (Å²) in [5.41, 5.74) is 2.54. The Labute approximate surface area is 110 Å². The molecule has 19 heavy (non-hydrogen) atoms. The molecule has 0 amide bonds. The highest BCUT2D eigenvalue weighted by Gasteiger charge is 2.40. The molecule has 1 aliphatic carbocycles. The fraction of sp³-hybridized carbons (Fsp3) is 0.357. The summed E-state index contributed by atoms with van der Waals surface area (Å²) in [5.74, 6) is 0.302. The predicted octanol–water partition coefficient (Wildman–Crippen LogP) is 2.36. The van der Waals surface area contributed by atoms with Crippen molar-refractivity contribution in [2.75, 3.05) is 6.61 Å². The minimum atomic E-state index is -0.442. The van der Waals surface area contributed by atoms with E-state index in [-0.39, 0.29) is 23.5 Å². The highest BCUT2D eigenvalue weighted by atomic mass is 16.6. The summed E-state index contributed by atoms with van der Waals surface area (Å²) in [6.07, 6.45) is 0.452. The number of rotatable bonds is 2. The number of fused-ring (bicyclic) bond motifs is 1. The maximum atomic E-state index is 12.1. The second-order valence-electron chi connectivity index (χ2n) is 4.93. The second kappa shape index (κ2) is 4.28.